The van der Waals surface area contributed by atoms with Gasteiger partial charge in [0.2, 0.25) is 5.91 Å². The molecule has 2 saturated heterocycles. The number of fused-ring (bicyclic) bond motifs is 1. The summed E-state index contributed by atoms with van der Waals surface area (Å²) in [6, 6.07) is 14.5. The Bertz CT molecular complexity index is 1150. The van der Waals surface area contributed by atoms with Crippen molar-refractivity contribution in [2.75, 3.05) is 39.9 Å². The third-order valence-corrected chi connectivity index (χ3v) is 9.24. The molecule has 3 aliphatic rings. The fraction of sp³-hybridized carbons (Fsp3) is 0.562. The van der Waals surface area contributed by atoms with Gasteiger partial charge in [-0.15, -0.1) is 0 Å². The van der Waals surface area contributed by atoms with E-state index in [1.54, 1.807) is 12.1 Å². The molecule has 0 radical (unpaired) electrons. The summed E-state index contributed by atoms with van der Waals surface area (Å²) in [5, 5.41) is 0. The summed E-state index contributed by atoms with van der Waals surface area (Å²) in [6.07, 6.45) is 6.46. The predicted molar refractivity (Wildman–Crippen MR) is 148 cm³/mol. The zero-order valence-corrected chi connectivity index (χ0v) is 23.3. The van der Waals surface area contributed by atoms with Gasteiger partial charge < -0.3 is 19.3 Å². The molecule has 3 aliphatic heterocycles. The molecule has 2 aromatic rings. The van der Waals surface area contributed by atoms with Crippen LogP contribution in [0, 0.1) is 11.2 Å². The number of ether oxygens (including phenoxy) is 2. The van der Waals surface area contributed by atoms with Crippen molar-refractivity contribution >= 4 is 11.8 Å². The number of rotatable bonds is 2. The van der Waals surface area contributed by atoms with Crippen molar-refractivity contribution in [3.05, 3.63) is 65.5 Å². The van der Waals surface area contributed by atoms with E-state index >= 15 is 0 Å². The lowest BCUT2D eigenvalue weighted by Gasteiger charge is -2.47. The number of aryl methyl sites for hydroxylation is 1. The maximum atomic E-state index is 14.1. The van der Waals surface area contributed by atoms with E-state index in [4.69, 9.17) is 9.47 Å². The van der Waals surface area contributed by atoms with Gasteiger partial charge in [-0.25, -0.2) is 4.39 Å². The van der Waals surface area contributed by atoms with Crippen LogP contribution in [-0.2, 0) is 26.2 Å². The molecule has 0 aliphatic carbocycles. The average Bonchev–Trinajstić information content (AvgIpc) is 2.96. The molecule has 3 heterocycles. The lowest BCUT2D eigenvalue weighted by atomic mass is 9.70. The molecule has 6 nitrogen and oxygen atoms in total. The highest BCUT2D eigenvalue weighted by Crippen LogP contribution is 2.42. The molecule has 2 aromatic carbocycles. The van der Waals surface area contributed by atoms with Gasteiger partial charge in [0, 0.05) is 39.9 Å². The van der Waals surface area contributed by atoms with Gasteiger partial charge in [-0.05, 0) is 86.6 Å². The van der Waals surface area contributed by atoms with Gasteiger partial charge in [-0.3, -0.25) is 9.59 Å². The maximum Gasteiger partial charge on any atom is 0.263 e. The van der Waals surface area contributed by atoms with Crippen molar-refractivity contribution in [1.82, 2.24) is 9.80 Å². The predicted octanol–water partition coefficient (Wildman–Crippen LogP) is 5.14. The van der Waals surface area contributed by atoms with Crippen LogP contribution in [0.1, 0.15) is 63.0 Å². The molecule has 0 aromatic heterocycles. The zero-order valence-electron chi connectivity index (χ0n) is 23.3. The highest BCUT2D eigenvalue weighted by molar-refractivity contribution is 5.88. The van der Waals surface area contributed by atoms with Crippen molar-refractivity contribution < 1.29 is 23.5 Å². The Morgan fingerprint density at radius 3 is 2.36 bits per heavy atom. The van der Waals surface area contributed by atoms with Crippen LogP contribution < -0.4 is 4.74 Å². The summed E-state index contributed by atoms with van der Waals surface area (Å²) in [4.78, 5) is 31.3. The Balaban J connectivity index is 1.32. The first-order valence-corrected chi connectivity index (χ1v) is 14.4. The minimum absolute atomic E-state index is 0.0132. The van der Waals surface area contributed by atoms with Crippen LogP contribution in [0.15, 0.2) is 48.5 Å². The average molecular weight is 537 g/mol. The molecule has 2 amide bonds. The van der Waals surface area contributed by atoms with Gasteiger partial charge in [0.15, 0.2) is 6.10 Å². The summed E-state index contributed by atoms with van der Waals surface area (Å²) in [6.45, 7) is 4.88. The molecule has 0 bridgehead atoms. The third-order valence-electron chi connectivity index (χ3n) is 9.24. The fourth-order valence-electron chi connectivity index (χ4n) is 6.86. The first-order chi connectivity index (χ1) is 18.8. The van der Waals surface area contributed by atoms with Crippen molar-refractivity contribution in [2.24, 2.45) is 5.41 Å². The second kappa shape index (κ2) is 11.7. The molecule has 7 heteroatoms. The molecule has 210 valence electrons. The minimum Gasteiger partial charge on any atom is -0.481 e. The highest BCUT2D eigenvalue weighted by Gasteiger charge is 2.46. The number of hydrogen-bond acceptors (Lipinski definition) is 4. The molecule has 5 rings (SSSR count). The molecule has 0 unspecified atom stereocenters. The van der Waals surface area contributed by atoms with Crippen LogP contribution in [0.3, 0.4) is 0 Å². The van der Waals surface area contributed by atoms with Crippen molar-refractivity contribution in [3.8, 4) is 5.75 Å². The fourth-order valence-corrected chi connectivity index (χ4v) is 6.86. The number of para-hydroxylation sites is 1. The number of halogens is 1. The van der Waals surface area contributed by atoms with Crippen molar-refractivity contribution in [3.63, 3.8) is 0 Å². The molecule has 0 N–H and O–H groups in total. The Labute approximate surface area is 231 Å². The Morgan fingerprint density at radius 1 is 0.949 bits per heavy atom. The molecular weight excluding hydrogens is 495 g/mol. The normalized spacial score (nSPS) is 23.8. The maximum absolute atomic E-state index is 14.1. The van der Waals surface area contributed by atoms with E-state index in [2.05, 4.69) is 6.07 Å². The monoisotopic (exact) mass is 536 g/mol. The second-order valence-electron chi connectivity index (χ2n) is 11.8. The first-order valence-electron chi connectivity index (χ1n) is 14.4. The van der Waals surface area contributed by atoms with Crippen molar-refractivity contribution in [2.45, 2.75) is 69.8 Å². The number of likely N-dealkylation sites (N-methyl/N-ethyl adjacent to an activating group) is 1. The molecule has 39 heavy (non-hydrogen) atoms. The van der Waals surface area contributed by atoms with Crippen LogP contribution in [0.25, 0.3) is 0 Å². The molecular formula is C32H41FN2O4. The van der Waals surface area contributed by atoms with E-state index < -0.39 is 11.5 Å². The topological polar surface area (TPSA) is 59.1 Å². The number of benzene rings is 2. The summed E-state index contributed by atoms with van der Waals surface area (Å²) in [5.74, 6) is 0.624. The summed E-state index contributed by atoms with van der Waals surface area (Å²) < 4.78 is 25.5. The number of piperidine rings is 1. The quantitative estimate of drug-likeness (QED) is 0.534. The number of carbonyl (C=O) groups excluding carboxylic acids is 2. The molecule has 2 fully saturated rings. The van der Waals surface area contributed by atoms with E-state index in [1.807, 2.05) is 42.0 Å². The first kappa shape index (κ1) is 27.6. The molecule has 0 saturated carbocycles. The van der Waals surface area contributed by atoms with Crippen molar-refractivity contribution in [1.29, 1.82) is 0 Å². The second-order valence-corrected chi connectivity index (χ2v) is 11.8. The number of carbonyl (C=O) groups is 2. The Morgan fingerprint density at radius 2 is 1.64 bits per heavy atom. The summed E-state index contributed by atoms with van der Waals surface area (Å²) in [7, 11) is 1.88. The lowest BCUT2D eigenvalue weighted by molar-refractivity contribution is -0.146. The van der Waals surface area contributed by atoms with E-state index in [1.165, 1.54) is 12.1 Å². The number of likely N-dealkylation sites (tertiary alicyclic amines) is 1. The van der Waals surface area contributed by atoms with E-state index in [0.717, 1.165) is 55.4 Å². The SMILES string of the molecule is C[C@H]1Oc2ccccc2CCCCC2(CCN(C(=O)C3(c4ccc(F)cc4)CCOCC3)CC2)CN(C)C1=O. The molecule has 1 spiro atoms. The smallest absolute Gasteiger partial charge is 0.263 e. The number of amides is 2. The van der Waals surface area contributed by atoms with Crippen LogP contribution in [0.5, 0.6) is 5.75 Å². The van der Waals surface area contributed by atoms with E-state index in [-0.39, 0.29) is 23.0 Å². The minimum atomic E-state index is -0.671. The summed E-state index contributed by atoms with van der Waals surface area (Å²) >= 11 is 0. The van der Waals surface area contributed by atoms with E-state index in [0.29, 0.717) is 45.7 Å². The third kappa shape index (κ3) is 5.84. The van der Waals surface area contributed by atoms with Gasteiger partial charge in [0.1, 0.15) is 11.6 Å². The van der Waals surface area contributed by atoms with Gasteiger partial charge in [0.25, 0.3) is 5.91 Å². The Hall–Kier alpha value is -2.93. The number of nitrogens with zero attached hydrogens (tertiary/aromatic N) is 2. The summed E-state index contributed by atoms with van der Waals surface area (Å²) in [5.41, 5.74) is 1.33. The highest BCUT2D eigenvalue weighted by atomic mass is 19.1. The van der Waals surface area contributed by atoms with Crippen LogP contribution in [0.4, 0.5) is 4.39 Å². The largest absolute Gasteiger partial charge is 0.481 e. The zero-order chi connectivity index (χ0) is 27.5. The van der Waals surface area contributed by atoms with Gasteiger partial charge in [-0.2, -0.15) is 0 Å². The number of hydrogen-bond donors (Lipinski definition) is 0. The van der Waals surface area contributed by atoms with Gasteiger partial charge in [-0.1, -0.05) is 36.8 Å². The van der Waals surface area contributed by atoms with Crippen LogP contribution in [0.2, 0.25) is 0 Å². The van der Waals surface area contributed by atoms with E-state index in [9.17, 15) is 14.0 Å². The molecule has 1 atom stereocenters. The van der Waals surface area contributed by atoms with Gasteiger partial charge >= 0.3 is 0 Å². The van der Waals surface area contributed by atoms with Gasteiger partial charge in [0.05, 0.1) is 5.41 Å². The lowest BCUT2D eigenvalue weighted by Crippen LogP contribution is -2.55. The Kier molecular flexibility index (Phi) is 8.27. The van der Waals surface area contributed by atoms with Crippen LogP contribution in [-0.4, -0.2) is 67.6 Å². The standard InChI is InChI=1S/C32H41FN2O4/c1-24-29(36)34(2)23-31(14-6-5-8-25-7-3-4-9-28(25)39-24)15-19-35(20-16-31)30(37)32(17-21-38-22-18-32)26-10-12-27(33)13-11-26/h3-4,7,9-13,24H,5-6,8,14-23H2,1-2H3/t24-/m1/s1. The van der Waals surface area contributed by atoms with Crippen LogP contribution >= 0.6 is 0 Å².